The summed E-state index contributed by atoms with van der Waals surface area (Å²) in [6.45, 7) is 0.709. The third-order valence-electron chi connectivity index (χ3n) is 3.69. The summed E-state index contributed by atoms with van der Waals surface area (Å²) in [5.41, 5.74) is 2.34. The molecule has 0 aromatic heterocycles. The van der Waals surface area contributed by atoms with Gasteiger partial charge >= 0.3 is 0 Å². The number of para-hydroxylation sites is 1. The Morgan fingerprint density at radius 1 is 0.880 bits per heavy atom. The standard InChI is InChI=1S/C20H16Cl2FNO/c21-16-6-2-4-8-19(16)24-12-14-9-10-20(17(22)11-14)25-13-15-5-1-3-7-18(15)23/h1-11,24H,12-13H2. The van der Waals surface area contributed by atoms with E-state index < -0.39 is 0 Å². The van der Waals surface area contributed by atoms with Crippen molar-refractivity contribution in [1.82, 2.24) is 0 Å². The predicted octanol–water partition coefficient (Wildman–Crippen LogP) is 6.32. The molecule has 0 aliphatic rings. The number of rotatable bonds is 6. The number of benzene rings is 3. The largest absolute Gasteiger partial charge is 0.487 e. The normalized spacial score (nSPS) is 10.5. The Morgan fingerprint density at radius 3 is 2.40 bits per heavy atom. The van der Waals surface area contributed by atoms with Gasteiger partial charge in [-0.2, -0.15) is 0 Å². The SMILES string of the molecule is Fc1ccccc1COc1ccc(CNc2ccccc2Cl)cc1Cl. The summed E-state index contributed by atoms with van der Waals surface area (Å²) in [7, 11) is 0. The van der Waals surface area contributed by atoms with Crippen LogP contribution in [-0.2, 0) is 13.2 Å². The molecule has 0 saturated carbocycles. The number of nitrogens with one attached hydrogen (secondary N) is 1. The third-order valence-corrected chi connectivity index (χ3v) is 4.32. The van der Waals surface area contributed by atoms with Crippen molar-refractivity contribution in [3.05, 3.63) is 93.7 Å². The molecule has 3 aromatic carbocycles. The highest BCUT2D eigenvalue weighted by Crippen LogP contribution is 2.27. The van der Waals surface area contributed by atoms with Crippen molar-refractivity contribution in [1.29, 1.82) is 0 Å². The van der Waals surface area contributed by atoms with E-state index in [9.17, 15) is 4.39 Å². The number of hydrogen-bond acceptors (Lipinski definition) is 2. The Kier molecular flexibility index (Phi) is 5.79. The molecular weight excluding hydrogens is 360 g/mol. The van der Waals surface area contributed by atoms with Gasteiger partial charge in [0.05, 0.1) is 15.7 Å². The zero-order valence-electron chi connectivity index (χ0n) is 13.3. The van der Waals surface area contributed by atoms with Crippen LogP contribution >= 0.6 is 23.2 Å². The van der Waals surface area contributed by atoms with Crippen molar-refractivity contribution in [3.8, 4) is 5.75 Å². The molecule has 0 aliphatic heterocycles. The molecule has 0 aliphatic carbocycles. The molecule has 5 heteroatoms. The van der Waals surface area contributed by atoms with Gasteiger partial charge in [0.15, 0.2) is 0 Å². The van der Waals surface area contributed by atoms with Crippen molar-refractivity contribution >= 4 is 28.9 Å². The van der Waals surface area contributed by atoms with Gasteiger partial charge < -0.3 is 10.1 Å². The molecule has 0 radical (unpaired) electrons. The lowest BCUT2D eigenvalue weighted by atomic mass is 10.2. The Bertz CT molecular complexity index is 870. The van der Waals surface area contributed by atoms with Crippen LogP contribution in [0.5, 0.6) is 5.75 Å². The lowest BCUT2D eigenvalue weighted by Crippen LogP contribution is -2.01. The van der Waals surface area contributed by atoms with E-state index in [0.717, 1.165) is 11.3 Å². The lowest BCUT2D eigenvalue weighted by Gasteiger charge is -2.12. The van der Waals surface area contributed by atoms with E-state index in [4.69, 9.17) is 27.9 Å². The van der Waals surface area contributed by atoms with Crippen molar-refractivity contribution in [2.24, 2.45) is 0 Å². The summed E-state index contributed by atoms with van der Waals surface area (Å²) in [5, 5.41) is 4.41. The van der Waals surface area contributed by atoms with Crippen molar-refractivity contribution in [3.63, 3.8) is 0 Å². The van der Waals surface area contributed by atoms with E-state index in [1.165, 1.54) is 6.07 Å². The average Bonchev–Trinajstić information content (AvgIpc) is 2.61. The first kappa shape index (κ1) is 17.6. The first-order chi connectivity index (χ1) is 12.1. The van der Waals surface area contributed by atoms with E-state index in [2.05, 4.69) is 5.32 Å². The van der Waals surface area contributed by atoms with Crippen LogP contribution in [-0.4, -0.2) is 0 Å². The molecule has 0 unspecified atom stereocenters. The van der Waals surface area contributed by atoms with Crippen LogP contribution < -0.4 is 10.1 Å². The molecule has 25 heavy (non-hydrogen) atoms. The van der Waals surface area contributed by atoms with Crippen LogP contribution in [0.15, 0.2) is 66.7 Å². The smallest absolute Gasteiger partial charge is 0.138 e. The van der Waals surface area contributed by atoms with Crippen LogP contribution in [0.25, 0.3) is 0 Å². The van der Waals surface area contributed by atoms with Gasteiger partial charge in [-0.15, -0.1) is 0 Å². The van der Waals surface area contributed by atoms with Gasteiger partial charge in [0.2, 0.25) is 0 Å². The van der Waals surface area contributed by atoms with Crippen LogP contribution in [0.2, 0.25) is 10.0 Å². The highest BCUT2D eigenvalue weighted by atomic mass is 35.5. The van der Waals surface area contributed by atoms with Crippen LogP contribution in [0.3, 0.4) is 0 Å². The molecule has 3 aromatic rings. The monoisotopic (exact) mass is 375 g/mol. The second-order valence-corrected chi connectivity index (χ2v) is 6.29. The van der Waals surface area contributed by atoms with E-state index in [1.807, 2.05) is 36.4 Å². The molecule has 3 rings (SSSR count). The Hall–Kier alpha value is -2.23. The van der Waals surface area contributed by atoms with Crippen LogP contribution in [0.4, 0.5) is 10.1 Å². The fraction of sp³-hybridized carbons (Fsp3) is 0.100. The maximum absolute atomic E-state index is 13.6. The molecular formula is C20H16Cl2FNO. The topological polar surface area (TPSA) is 21.3 Å². The molecule has 128 valence electrons. The first-order valence-corrected chi connectivity index (χ1v) is 8.52. The van der Waals surface area contributed by atoms with Crippen LogP contribution in [0.1, 0.15) is 11.1 Å². The molecule has 0 spiro atoms. The molecule has 0 atom stereocenters. The molecule has 0 saturated heterocycles. The number of halogens is 3. The summed E-state index contributed by atoms with van der Waals surface area (Å²) in [6, 6.07) is 19.6. The van der Waals surface area contributed by atoms with Crippen molar-refractivity contribution < 1.29 is 9.13 Å². The second kappa shape index (κ2) is 8.24. The van der Waals surface area contributed by atoms with Gasteiger partial charge in [-0.05, 0) is 35.9 Å². The Morgan fingerprint density at radius 2 is 1.64 bits per heavy atom. The molecule has 0 heterocycles. The minimum atomic E-state index is -0.292. The van der Waals surface area contributed by atoms with Crippen LogP contribution in [0, 0.1) is 5.82 Å². The number of anilines is 1. The summed E-state index contributed by atoms with van der Waals surface area (Å²) < 4.78 is 19.2. The quantitative estimate of drug-likeness (QED) is 0.543. The fourth-order valence-corrected chi connectivity index (χ4v) is 2.80. The molecule has 0 bridgehead atoms. The summed E-state index contributed by atoms with van der Waals surface area (Å²) in [5.74, 6) is 0.227. The summed E-state index contributed by atoms with van der Waals surface area (Å²) in [6.07, 6.45) is 0. The zero-order valence-corrected chi connectivity index (χ0v) is 14.8. The summed E-state index contributed by atoms with van der Waals surface area (Å²) in [4.78, 5) is 0. The highest BCUT2D eigenvalue weighted by molar-refractivity contribution is 6.33. The van der Waals surface area contributed by atoms with Gasteiger partial charge in [-0.3, -0.25) is 0 Å². The minimum Gasteiger partial charge on any atom is -0.487 e. The third kappa shape index (κ3) is 4.65. The highest BCUT2D eigenvalue weighted by Gasteiger charge is 2.07. The lowest BCUT2D eigenvalue weighted by molar-refractivity contribution is 0.300. The molecule has 0 amide bonds. The van der Waals surface area contributed by atoms with Gasteiger partial charge in [-0.25, -0.2) is 4.39 Å². The zero-order chi connectivity index (χ0) is 17.6. The van der Waals surface area contributed by atoms with E-state index >= 15 is 0 Å². The van der Waals surface area contributed by atoms with Gasteiger partial charge in [0.25, 0.3) is 0 Å². The maximum atomic E-state index is 13.6. The maximum Gasteiger partial charge on any atom is 0.138 e. The number of hydrogen-bond donors (Lipinski definition) is 1. The predicted molar refractivity (Wildman–Crippen MR) is 101 cm³/mol. The second-order valence-electron chi connectivity index (χ2n) is 5.48. The van der Waals surface area contributed by atoms with E-state index in [0.29, 0.717) is 27.9 Å². The average molecular weight is 376 g/mol. The van der Waals surface area contributed by atoms with Crippen molar-refractivity contribution in [2.45, 2.75) is 13.2 Å². The molecule has 2 nitrogen and oxygen atoms in total. The number of ether oxygens (including phenoxy) is 1. The van der Waals surface area contributed by atoms with Gasteiger partial charge in [0.1, 0.15) is 18.2 Å². The molecule has 0 fully saturated rings. The Labute approximate surface area is 156 Å². The minimum absolute atomic E-state index is 0.129. The first-order valence-electron chi connectivity index (χ1n) is 7.76. The van der Waals surface area contributed by atoms with Crippen molar-refractivity contribution in [2.75, 3.05) is 5.32 Å². The summed E-state index contributed by atoms with van der Waals surface area (Å²) >= 11 is 12.4. The van der Waals surface area contributed by atoms with E-state index in [1.54, 1.807) is 24.3 Å². The molecule has 1 N–H and O–H groups in total. The van der Waals surface area contributed by atoms with Gasteiger partial charge in [0, 0.05) is 12.1 Å². The fourth-order valence-electron chi connectivity index (χ4n) is 2.34. The van der Waals surface area contributed by atoms with E-state index in [-0.39, 0.29) is 12.4 Å². The van der Waals surface area contributed by atoms with Gasteiger partial charge in [-0.1, -0.05) is 59.6 Å². The Balaban J connectivity index is 1.63.